The molecule has 0 saturated carbocycles. The maximum atomic E-state index is 12.5. The predicted molar refractivity (Wildman–Crippen MR) is 120 cm³/mol. The average molecular weight is 443 g/mol. The van der Waals surface area contributed by atoms with Gasteiger partial charge in [-0.3, -0.25) is 4.57 Å². The SMILES string of the molecule is CCOCCOCC#Cc1ccc2c(c1)CCn1c-2cc(OCCCOCCO)nc1=O. The van der Waals surface area contributed by atoms with Gasteiger partial charge in [0.15, 0.2) is 0 Å². The predicted octanol–water partition coefficient (Wildman–Crippen LogP) is 1.65. The maximum Gasteiger partial charge on any atom is 0.351 e. The topological polar surface area (TPSA) is 92.0 Å². The van der Waals surface area contributed by atoms with Gasteiger partial charge >= 0.3 is 5.69 Å². The molecule has 1 aromatic heterocycles. The molecule has 0 atom stereocenters. The third kappa shape index (κ3) is 6.90. The highest BCUT2D eigenvalue weighted by atomic mass is 16.5. The van der Waals surface area contributed by atoms with Crippen molar-refractivity contribution in [1.82, 2.24) is 9.55 Å². The summed E-state index contributed by atoms with van der Waals surface area (Å²) in [5, 5.41) is 8.71. The number of aliphatic hydroxyl groups excluding tert-OH is 1. The molecule has 32 heavy (non-hydrogen) atoms. The Morgan fingerprint density at radius 1 is 1.09 bits per heavy atom. The van der Waals surface area contributed by atoms with Crippen LogP contribution in [0.3, 0.4) is 0 Å². The summed E-state index contributed by atoms with van der Waals surface area (Å²) in [6, 6.07) is 7.82. The Bertz CT molecular complexity index is 992. The second-order valence-corrected chi connectivity index (χ2v) is 7.13. The molecule has 0 spiro atoms. The number of fused-ring (bicyclic) bond motifs is 3. The van der Waals surface area contributed by atoms with Gasteiger partial charge in [-0.25, -0.2) is 4.79 Å². The summed E-state index contributed by atoms with van der Waals surface area (Å²) in [5.74, 6) is 6.47. The van der Waals surface area contributed by atoms with E-state index in [9.17, 15) is 4.79 Å². The van der Waals surface area contributed by atoms with Gasteiger partial charge in [0.25, 0.3) is 0 Å². The molecule has 1 aliphatic heterocycles. The smallest absolute Gasteiger partial charge is 0.351 e. The van der Waals surface area contributed by atoms with E-state index in [0.29, 0.717) is 65.1 Å². The number of aryl methyl sites for hydroxylation is 1. The zero-order valence-electron chi connectivity index (χ0n) is 18.5. The van der Waals surface area contributed by atoms with Crippen molar-refractivity contribution in [3.63, 3.8) is 0 Å². The summed E-state index contributed by atoms with van der Waals surface area (Å²) in [5.41, 5.74) is 3.54. The van der Waals surface area contributed by atoms with E-state index in [1.165, 1.54) is 0 Å². The minimum atomic E-state index is -0.312. The van der Waals surface area contributed by atoms with Crippen molar-refractivity contribution in [3.8, 4) is 29.0 Å². The Balaban J connectivity index is 1.64. The van der Waals surface area contributed by atoms with Crippen molar-refractivity contribution in [2.45, 2.75) is 26.3 Å². The number of hydrogen-bond acceptors (Lipinski definition) is 7. The molecule has 2 heterocycles. The summed E-state index contributed by atoms with van der Waals surface area (Å²) < 4.78 is 23.2. The molecule has 3 rings (SSSR count). The highest BCUT2D eigenvalue weighted by molar-refractivity contribution is 5.67. The first-order valence-corrected chi connectivity index (χ1v) is 10.9. The fourth-order valence-electron chi connectivity index (χ4n) is 3.39. The van der Waals surface area contributed by atoms with Crippen LogP contribution in [0.25, 0.3) is 11.3 Å². The fourth-order valence-corrected chi connectivity index (χ4v) is 3.39. The lowest BCUT2D eigenvalue weighted by atomic mass is 9.95. The Morgan fingerprint density at radius 3 is 2.81 bits per heavy atom. The maximum absolute atomic E-state index is 12.5. The number of ether oxygens (including phenoxy) is 4. The quantitative estimate of drug-likeness (QED) is 0.395. The lowest BCUT2D eigenvalue weighted by Crippen LogP contribution is -2.28. The third-order valence-electron chi connectivity index (χ3n) is 4.88. The van der Waals surface area contributed by atoms with Crippen LogP contribution in [0, 0.1) is 11.8 Å². The Hall–Kier alpha value is -2.70. The largest absolute Gasteiger partial charge is 0.477 e. The van der Waals surface area contributed by atoms with Crippen LogP contribution in [-0.2, 0) is 27.2 Å². The van der Waals surface area contributed by atoms with Crippen molar-refractivity contribution >= 4 is 0 Å². The molecule has 0 bridgehead atoms. The first kappa shape index (κ1) is 24.0. The molecule has 0 amide bonds. The summed E-state index contributed by atoms with van der Waals surface area (Å²) in [4.78, 5) is 16.5. The molecule has 0 radical (unpaired) electrons. The lowest BCUT2D eigenvalue weighted by Gasteiger charge is -2.22. The molecule has 0 unspecified atom stereocenters. The first-order valence-electron chi connectivity index (χ1n) is 10.9. The molecule has 172 valence electrons. The molecule has 0 fully saturated rings. The number of aliphatic hydroxyl groups is 1. The van der Waals surface area contributed by atoms with Crippen LogP contribution in [0.4, 0.5) is 0 Å². The van der Waals surface area contributed by atoms with Crippen LogP contribution in [0.1, 0.15) is 24.5 Å². The minimum Gasteiger partial charge on any atom is -0.477 e. The van der Waals surface area contributed by atoms with Crippen molar-refractivity contribution in [1.29, 1.82) is 0 Å². The van der Waals surface area contributed by atoms with Gasteiger partial charge in [-0.15, -0.1) is 0 Å². The van der Waals surface area contributed by atoms with Gasteiger partial charge in [0.05, 0.1) is 38.7 Å². The molecule has 0 saturated heterocycles. The van der Waals surface area contributed by atoms with E-state index >= 15 is 0 Å². The van der Waals surface area contributed by atoms with Crippen molar-refractivity contribution in [2.75, 3.05) is 52.9 Å². The average Bonchev–Trinajstić information content (AvgIpc) is 2.80. The van der Waals surface area contributed by atoms with Crippen LogP contribution in [0.5, 0.6) is 5.88 Å². The van der Waals surface area contributed by atoms with Gasteiger partial charge in [-0.1, -0.05) is 17.9 Å². The van der Waals surface area contributed by atoms with Gasteiger partial charge in [-0.2, -0.15) is 4.98 Å². The number of hydrogen-bond donors (Lipinski definition) is 1. The summed E-state index contributed by atoms with van der Waals surface area (Å²) in [6.45, 7) is 5.85. The highest BCUT2D eigenvalue weighted by Crippen LogP contribution is 2.30. The Morgan fingerprint density at radius 2 is 1.97 bits per heavy atom. The summed E-state index contributed by atoms with van der Waals surface area (Å²) in [7, 11) is 0. The molecule has 0 aliphatic carbocycles. The van der Waals surface area contributed by atoms with Gasteiger partial charge in [0.2, 0.25) is 5.88 Å². The number of benzene rings is 1. The van der Waals surface area contributed by atoms with E-state index in [4.69, 9.17) is 24.1 Å². The van der Waals surface area contributed by atoms with Gasteiger partial charge in [-0.05, 0) is 31.0 Å². The van der Waals surface area contributed by atoms with Gasteiger partial charge in [0, 0.05) is 43.4 Å². The Labute approximate surface area is 188 Å². The van der Waals surface area contributed by atoms with E-state index in [1.807, 2.05) is 25.1 Å². The minimum absolute atomic E-state index is 0.00103. The molecule has 8 nitrogen and oxygen atoms in total. The molecule has 1 N–H and O–H groups in total. The zero-order chi connectivity index (χ0) is 22.6. The zero-order valence-corrected chi connectivity index (χ0v) is 18.5. The highest BCUT2D eigenvalue weighted by Gasteiger charge is 2.19. The molecule has 1 aliphatic rings. The van der Waals surface area contributed by atoms with Crippen LogP contribution in [0.15, 0.2) is 29.1 Å². The van der Waals surface area contributed by atoms with E-state index < -0.39 is 0 Å². The van der Waals surface area contributed by atoms with Crippen molar-refractivity contribution in [3.05, 3.63) is 45.9 Å². The number of rotatable bonds is 12. The van der Waals surface area contributed by atoms with Crippen LogP contribution >= 0.6 is 0 Å². The molecular formula is C24H30N2O6. The second kappa shape index (κ2) is 13.0. The molecular weight excluding hydrogens is 412 g/mol. The second-order valence-electron chi connectivity index (χ2n) is 7.13. The number of nitrogens with zero attached hydrogens (tertiary/aromatic N) is 2. The van der Waals surface area contributed by atoms with E-state index in [0.717, 1.165) is 28.8 Å². The van der Waals surface area contributed by atoms with Crippen LogP contribution in [0.2, 0.25) is 0 Å². The Kier molecular flexibility index (Phi) is 9.72. The van der Waals surface area contributed by atoms with E-state index in [-0.39, 0.29) is 12.3 Å². The van der Waals surface area contributed by atoms with Crippen LogP contribution in [-0.4, -0.2) is 67.5 Å². The summed E-state index contributed by atoms with van der Waals surface area (Å²) in [6.07, 6.45) is 1.39. The third-order valence-corrected chi connectivity index (χ3v) is 4.88. The first-order chi connectivity index (χ1) is 15.7. The fraction of sp³-hybridized carbons (Fsp3) is 0.500. The molecule has 8 heteroatoms. The van der Waals surface area contributed by atoms with Gasteiger partial charge in [0.1, 0.15) is 6.61 Å². The van der Waals surface area contributed by atoms with Gasteiger partial charge < -0.3 is 24.1 Å². The van der Waals surface area contributed by atoms with E-state index in [2.05, 4.69) is 22.9 Å². The summed E-state index contributed by atoms with van der Waals surface area (Å²) >= 11 is 0. The van der Waals surface area contributed by atoms with Crippen molar-refractivity contribution < 1.29 is 24.1 Å². The van der Waals surface area contributed by atoms with E-state index in [1.54, 1.807) is 4.57 Å². The number of aromatic nitrogens is 2. The normalized spacial score (nSPS) is 11.9. The van der Waals surface area contributed by atoms with Crippen LogP contribution < -0.4 is 10.4 Å². The lowest BCUT2D eigenvalue weighted by molar-refractivity contribution is 0.0662. The standard InChI is InChI=1S/C24H30N2O6/c1-2-29-15-16-31-11-3-5-19-6-7-21-20(17-19)8-9-26-22(21)18-23(25-24(26)28)32-13-4-12-30-14-10-27/h6-7,17-18,27H,2,4,8-16H2,1H3. The van der Waals surface area contributed by atoms with Crippen molar-refractivity contribution in [2.24, 2.45) is 0 Å². The molecule has 2 aromatic rings. The monoisotopic (exact) mass is 442 g/mol. The molecule has 1 aromatic carbocycles.